The topological polar surface area (TPSA) is 73.0 Å². The maximum absolute atomic E-state index is 13.0. The number of nitrogens with one attached hydrogen (secondary N) is 1. The fourth-order valence-electron chi connectivity index (χ4n) is 4.52. The summed E-state index contributed by atoms with van der Waals surface area (Å²) in [6.07, 6.45) is 5.92. The van der Waals surface area contributed by atoms with E-state index < -0.39 is 5.54 Å². The van der Waals surface area contributed by atoms with Crippen LogP contribution < -0.4 is 5.32 Å². The van der Waals surface area contributed by atoms with E-state index in [0.717, 1.165) is 51.6 Å². The van der Waals surface area contributed by atoms with Crippen LogP contribution in [-0.4, -0.2) is 70.9 Å². The van der Waals surface area contributed by atoms with E-state index in [1.165, 1.54) is 4.90 Å². The summed E-state index contributed by atoms with van der Waals surface area (Å²) in [5.74, 6) is 0.673. The van der Waals surface area contributed by atoms with Crippen LogP contribution in [-0.2, 0) is 9.59 Å². The Labute approximate surface area is 148 Å². The van der Waals surface area contributed by atoms with Gasteiger partial charge in [0, 0.05) is 32.1 Å². The van der Waals surface area contributed by atoms with Crippen LogP contribution in [0.15, 0.2) is 0 Å². The standard InChI is InChI=1S/C18H28N4O3/c1-13-4-2-3-7-18(13)16(24)22(17(25)19-18)12-20-8-10-21(11-9-20)15(23)14-5-6-14/h13-14H,2-12H2,1H3,(H,19,25). The number of carbonyl (C=O) groups is 3. The summed E-state index contributed by atoms with van der Waals surface area (Å²) in [5, 5.41) is 3.00. The van der Waals surface area contributed by atoms with Crippen molar-refractivity contribution in [1.82, 2.24) is 20.0 Å². The number of imide groups is 1. The highest BCUT2D eigenvalue weighted by molar-refractivity contribution is 6.07. The minimum atomic E-state index is -0.681. The van der Waals surface area contributed by atoms with Crippen molar-refractivity contribution < 1.29 is 14.4 Å². The summed E-state index contributed by atoms with van der Waals surface area (Å²) in [7, 11) is 0. The molecule has 0 aromatic rings. The van der Waals surface area contributed by atoms with Crippen LogP contribution in [0.1, 0.15) is 45.4 Å². The highest BCUT2D eigenvalue weighted by atomic mass is 16.2. The minimum absolute atomic E-state index is 0.0545. The molecule has 2 heterocycles. The van der Waals surface area contributed by atoms with Gasteiger partial charge in [-0.15, -0.1) is 0 Å². The average Bonchev–Trinajstić information content (AvgIpc) is 3.43. The van der Waals surface area contributed by atoms with E-state index in [0.29, 0.717) is 19.8 Å². The average molecular weight is 348 g/mol. The molecule has 2 aliphatic carbocycles. The van der Waals surface area contributed by atoms with Crippen molar-refractivity contribution in [1.29, 1.82) is 0 Å². The van der Waals surface area contributed by atoms with Crippen LogP contribution in [0.5, 0.6) is 0 Å². The Morgan fingerprint density at radius 3 is 2.48 bits per heavy atom. The molecule has 25 heavy (non-hydrogen) atoms. The summed E-state index contributed by atoms with van der Waals surface area (Å²) >= 11 is 0. The Morgan fingerprint density at radius 1 is 1.12 bits per heavy atom. The van der Waals surface area contributed by atoms with Crippen LogP contribution in [0.25, 0.3) is 0 Å². The van der Waals surface area contributed by atoms with Crippen molar-refractivity contribution in [3.8, 4) is 0 Å². The van der Waals surface area contributed by atoms with E-state index >= 15 is 0 Å². The Hall–Kier alpha value is -1.63. The molecule has 7 heteroatoms. The zero-order valence-corrected chi connectivity index (χ0v) is 15.0. The summed E-state index contributed by atoms with van der Waals surface area (Å²) in [6.45, 7) is 5.24. The largest absolute Gasteiger partial charge is 0.340 e. The lowest BCUT2D eigenvalue weighted by molar-refractivity contribution is -0.138. The zero-order chi connectivity index (χ0) is 17.6. The fourth-order valence-corrected chi connectivity index (χ4v) is 4.52. The quantitative estimate of drug-likeness (QED) is 0.772. The third kappa shape index (κ3) is 2.92. The van der Waals surface area contributed by atoms with Crippen molar-refractivity contribution >= 4 is 17.8 Å². The van der Waals surface area contributed by atoms with E-state index in [9.17, 15) is 14.4 Å². The van der Waals surface area contributed by atoms with Crippen molar-refractivity contribution in [2.45, 2.75) is 51.0 Å². The molecule has 2 atom stereocenters. The molecule has 0 aromatic carbocycles. The lowest BCUT2D eigenvalue weighted by atomic mass is 9.73. The van der Waals surface area contributed by atoms with Crippen LogP contribution in [0.2, 0.25) is 0 Å². The first-order chi connectivity index (χ1) is 12.0. The molecule has 2 aliphatic heterocycles. The third-order valence-corrected chi connectivity index (χ3v) is 6.45. The van der Waals surface area contributed by atoms with Gasteiger partial charge in [0.1, 0.15) is 5.54 Å². The molecule has 1 N–H and O–H groups in total. The molecule has 4 amide bonds. The Morgan fingerprint density at radius 2 is 1.84 bits per heavy atom. The summed E-state index contributed by atoms with van der Waals surface area (Å²) < 4.78 is 0. The predicted molar refractivity (Wildman–Crippen MR) is 91.5 cm³/mol. The highest BCUT2D eigenvalue weighted by Gasteiger charge is 2.55. The molecule has 0 bridgehead atoms. The minimum Gasteiger partial charge on any atom is -0.340 e. The van der Waals surface area contributed by atoms with Crippen LogP contribution in [0.3, 0.4) is 0 Å². The van der Waals surface area contributed by atoms with Gasteiger partial charge in [-0.1, -0.05) is 19.8 Å². The molecule has 4 fully saturated rings. The molecule has 2 saturated carbocycles. The normalized spacial score (nSPS) is 33.9. The molecule has 0 aromatic heterocycles. The zero-order valence-electron chi connectivity index (χ0n) is 15.0. The number of rotatable bonds is 3. The van der Waals surface area contributed by atoms with Crippen molar-refractivity contribution in [3.63, 3.8) is 0 Å². The number of amides is 4. The van der Waals surface area contributed by atoms with Gasteiger partial charge in [-0.2, -0.15) is 0 Å². The van der Waals surface area contributed by atoms with Gasteiger partial charge in [0.2, 0.25) is 5.91 Å². The first-order valence-electron chi connectivity index (χ1n) is 9.66. The Bertz CT molecular complexity index is 583. The molecule has 4 rings (SSSR count). The second-order valence-corrected chi connectivity index (χ2v) is 8.14. The van der Waals surface area contributed by atoms with Crippen molar-refractivity contribution in [2.24, 2.45) is 11.8 Å². The molecule has 4 aliphatic rings. The lowest BCUT2D eigenvalue weighted by Crippen LogP contribution is -2.55. The first-order valence-corrected chi connectivity index (χ1v) is 9.66. The third-order valence-electron chi connectivity index (χ3n) is 6.45. The van der Waals surface area contributed by atoms with Gasteiger partial charge in [-0.3, -0.25) is 14.5 Å². The number of piperazine rings is 1. The molecule has 2 saturated heterocycles. The molecular weight excluding hydrogens is 320 g/mol. The number of nitrogens with zero attached hydrogens (tertiary/aromatic N) is 3. The maximum atomic E-state index is 13.0. The van der Waals surface area contributed by atoms with E-state index in [1.807, 2.05) is 4.90 Å². The van der Waals surface area contributed by atoms with Gasteiger partial charge >= 0.3 is 6.03 Å². The van der Waals surface area contributed by atoms with Crippen LogP contribution in [0.4, 0.5) is 4.79 Å². The van der Waals surface area contributed by atoms with E-state index in [4.69, 9.17) is 0 Å². The summed E-state index contributed by atoms with van der Waals surface area (Å²) in [6, 6.07) is -0.254. The van der Waals surface area contributed by atoms with E-state index in [2.05, 4.69) is 17.1 Å². The Balaban J connectivity index is 1.36. The molecular formula is C18H28N4O3. The van der Waals surface area contributed by atoms with Gasteiger partial charge < -0.3 is 10.2 Å². The second-order valence-electron chi connectivity index (χ2n) is 8.14. The van der Waals surface area contributed by atoms with Crippen molar-refractivity contribution in [3.05, 3.63) is 0 Å². The van der Waals surface area contributed by atoms with Gasteiger partial charge in [-0.05, 0) is 31.6 Å². The van der Waals surface area contributed by atoms with E-state index in [-0.39, 0.29) is 29.7 Å². The smallest absolute Gasteiger partial charge is 0.326 e. The second kappa shape index (κ2) is 6.27. The predicted octanol–water partition coefficient (Wildman–Crippen LogP) is 0.999. The Kier molecular flexibility index (Phi) is 4.22. The van der Waals surface area contributed by atoms with Crippen LogP contribution in [0, 0.1) is 11.8 Å². The van der Waals surface area contributed by atoms with E-state index in [1.54, 1.807) is 0 Å². The maximum Gasteiger partial charge on any atom is 0.326 e. The monoisotopic (exact) mass is 348 g/mol. The van der Waals surface area contributed by atoms with Crippen molar-refractivity contribution in [2.75, 3.05) is 32.8 Å². The van der Waals surface area contributed by atoms with Gasteiger partial charge in [0.25, 0.3) is 5.91 Å². The number of hydrogen-bond donors (Lipinski definition) is 1. The molecule has 7 nitrogen and oxygen atoms in total. The van der Waals surface area contributed by atoms with Gasteiger partial charge in [0.15, 0.2) is 0 Å². The molecule has 2 unspecified atom stereocenters. The summed E-state index contributed by atoms with van der Waals surface area (Å²) in [5.41, 5.74) is -0.681. The first kappa shape index (κ1) is 16.8. The fraction of sp³-hybridized carbons (Fsp3) is 0.833. The summed E-state index contributed by atoms with van der Waals surface area (Å²) in [4.78, 5) is 43.0. The number of hydrogen-bond acceptors (Lipinski definition) is 4. The SMILES string of the molecule is CC1CCCCC12NC(=O)N(CN1CCN(C(=O)C3CC3)CC1)C2=O. The van der Waals surface area contributed by atoms with Gasteiger partial charge in [0.05, 0.1) is 6.67 Å². The number of carbonyl (C=O) groups excluding carboxylic acids is 3. The van der Waals surface area contributed by atoms with Gasteiger partial charge in [-0.25, -0.2) is 9.69 Å². The highest BCUT2D eigenvalue weighted by Crippen LogP contribution is 2.38. The lowest BCUT2D eigenvalue weighted by Gasteiger charge is -2.38. The molecule has 1 spiro atoms. The van der Waals surface area contributed by atoms with Crippen LogP contribution >= 0.6 is 0 Å². The molecule has 0 radical (unpaired) electrons. The number of urea groups is 1. The molecule has 138 valence electrons.